The van der Waals surface area contributed by atoms with Crippen molar-refractivity contribution in [2.45, 2.75) is 198 Å². The highest BCUT2D eigenvalue weighted by atomic mass is 16.4. The van der Waals surface area contributed by atoms with E-state index in [1.807, 2.05) is 30.3 Å². The summed E-state index contributed by atoms with van der Waals surface area (Å²) in [6, 6.07) is 7.54. The molecule has 1 fully saturated rings. The molecule has 0 radical (unpaired) electrons. The lowest BCUT2D eigenvalue weighted by Crippen LogP contribution is -2.62. The molecule has 1 heterocycles. The SMILES string of the molecule is CC[C@H](C)[C@H](NC(=O)[C@@H]1CCCN1C(=O)[C@H](C)NC(=O)[C@@H](N)Cc1ccccc1)C(=O)N[C@@H](Cc1ccccc1)C(=O)N[C@H](C(=O)N[C@@H](Cc1ccc(O)cc1)C(=O)NCC(=O)N[C@@H](CCC(=O)O)C(=O)N[C@@H](CC(C)C)C(=O)N[C@@H](CCC(N)=O)C(=O)N[C@@H](CCCN=C(N)N)C(N)=O)[C@@H](C)O. The Morgan fingerprint density at radius 3 is 1.60 bits per heavy atom. The normalized spacial score (nSPS) is 16.0. The average molecular weight is 1440 g/mol. The number of likely N-dealkylation sites (tertiary alicyclic amines) is 1. The molecule has 0 saturated carbocycles. The second kappa shape index (κ2) is 42.5. The number of phenolic OH excluding ortho intramolecular Hbond substituents is 1. The highest BCUT2D eigenvalue weighted by Gasteiger charge is 2.41. The quantitative estimate of drug-likeness (QED) is 0.0148. The molecule has 13 amide bonds. The lowest BCUT2D eigenvalue weighted by molar-refractivity contribution is -0.142. The van der Waals surface area contributed by atoms with Gasteiger partial charge in [-0.05, 0) is 106 Å². The molecular formula is C69H101N17O17. The van der Waals surface area contributed by atoms with Gasteiger partial charge in [-0.25, -0.2) is 0 Å². The van der Waals surface area contributed by atoms with Crippen LogP contribution in [0.2, 0.25) is 0 Å². The van der Waals surface area contributed by atoms with Crippen LogP contribution < -0.4 is 81.8 Å². The molecule has 0 spiro atoms. The summed E-state index contributed by atoms with van der Waals surface area (Å²) in [6.45, 7) is 8.80. The van der Waals surface area contributed by atoms with E-state index in [9.17, 15) is 82.4 Å². The maximum absolute atomic E-state index is 14.6. The predicted octanol–water partition coefficient (Wildman–Crippen LogP) is -3.62. The molecule has 1 aliphatic rings. The maximum atomic E-state index is 14.6. The number of amides is 13. The molecular weight excluding hydrogens is 1340 g/mol. The standard InChI is InChI=1S/C69H101N17O17/c1-7-38(4)56(84-65(100)52-21-15-31-86(52)68(103)39(5)77-59(94)45(70)33-41-16-10-8-11-17-41)66(101)83-51(34-42-18-12-9-13-19-42)64(99)85-57(40(6)87)67(102)82-50(35-43-22-24-44(88)25-23-43)60(95)76-36-54(90)78-47(27-29-55(91)92)61(96)81-49(32-37(2)3)63(98)80-48(26-28-53(71)89)62(97)79-46(58(72)93)20-14-30-75-69(73)74/h8-13,16-19,22-25,37-40,45-52,56-57,87-88H,7,14-15,20-21,26-36,70H2,1-6H3,(H2,71,89)(H2,72,93)(H,76,95)(H,77,94)(H,78,90)(H,79,97)(H,80,98)(H,81,96)(H,82,102)(H,83,101)(H,84,100)(H,85,99)(H,91,92)(H4,73,74,75)/t38-,39-,40+,45-,46-,47-,48-,49-,50-,51-,52-,56-,57-/m0/s1. The molecule has 0 aromatic heterocycles. The minimum atomic E-state index is -1.86. The zero-order chi connectivity index (χ0) is 76.6. The van der Waals surface area contributed by atoms with Gasteiger partial charge in [0.15, 0.2) is 5.96 Å². The lowest BCUT2D eigenvalue weighted by atomic mass is 9.96. The van der Waals surface area contributed by atoms with E-state index in [1.165, 1.54) is 36.1 Å². The van der Waals surface area contributed by atoms with Crippen molar-refractivity contribution in [3.8, 4) is 5.75 Å². The van der Waals surface area contributed by atoms with Crippen LogP contribution in [0.1, 0.15) is 122 Å². The van der Waals surface area contributed by atoms with Crippen molar-refractivity contribution in [1.82, 2.24) is 58.1 Å². The molecule has 564 valence electrons. The number of hydrogen-bond donors (Lipinski definition) is 18. The third kappa shape index (κ3) is 29.4. The Labute approximate surface area is 597 Å². The number of aliphatic imine (C=N–C) groups is 1. The topological polar surface area (TPSA) is 566 Å². The van der Waals surface area contributed by atoms with Gasteiger partial charge in [0.2, 0.25) is 76.8 Å². The molecule has 13 atom stereocenters. The fourth-order valence-electron chi connectivity index (χ4n) is 11.1. The van der Waals surface area contributed by atoms with Crippen LogP contribution in [-0.4, -0.2) is 201 Å². The van der Waals surface area contributed by atoms with E-state index in [0.717, 1.165) is 12.5 Å². The number of aromatic hydroxyl groups is 1. The van der Waals surface area contributed by atoms with Crippen LogP contribution in [0.25, 0.3) is 0 Å². The van der Waals surface area contributed by atoms with Crippen LogP contribution in [0.3, 0.4) is 0 Å². The minimum absolute atomic E-state index is 0.0281. The minimum Gasteiger partial charge on any atom is -0.508 e. The van der Waals surface area contributed by atoms with E-state index in [-0.39, 0.29) is 82.1 Å². The number of nitrogens with zero attached hydrogens (tertiary/aromatic N) is 2. The molecule has 0 bridgehead atoms. The van der Waals surface area contributed by atoms with Gasteiger partial charge in [-0.3, -0.25) is 72.1 Å². The number of guanidine groups is 1. The molecule has 1 saturated heterocycles. The highest BCUT2D eigenvalue weighted by molar-refractivity contribution is 5.99. The average Bonchev–Trinajstić information content (AvgIpc) is 1.77. The van der Waals surface area contributed by atoms with Gasteiger partial charge < -0.3 is 102 Å². The highest BCUT2D eigenvalue weighted by Crippen LogP contribution is 2.21. The molecule has 4 rings (SSSR count). The van der Waals surface area contributed by atoms with Gasteiger partial charge in [0.05, 0.1) is 18.7 Å². The predicted molar refractivity (Wildman–Crippen MR) is 376 cm³/mol. The van der Waals surface area contributed by atoms with Crippen molar-refractivity contribution in [3.05, 3.63) is 102 Å². The number of carbonyl (C=O) groups excluding carboxylic acids is 13. The second-order valence-corrected chi connectivity index (χ2v) is 25.9. The Balaban J connectivity index is 1.53. The molecule has 0 unspecified atom stereocenters. The number of nitrogens with one attached hydrogen (secondary N) is 10. The number of rotatable bonds is 43. The number of aliphatic hydroxyl groups is 1. The van der Waals surface area contributed by atoms with E-state index in [0.29, 0.717) is 24.0 Å². The van der Waals surface area contributed by atoms with Gasteiger partial charge in [-0.1, -0.05) is 107 Å². The van der Waals surface area contributed by atoms with Crippen LogP contribution in [0, 0.1) is 11.8 Å². The van der Waals surface area contributed by atoms with E-state index in [1.54, 1.807) is 58.0 Å². The lowest BCUT2D eigenvalue weighted by Gasteiger charge is -2.31. The number of benzene rings is 3. The molecule has 23 N–H and O–H groups in total. The summed E-state index contributed by atoms with van der Waals surface area (Å²) in [7, 11) is 0. The number of carboxylic acids is 1. The Bertz CT molecular complexity index is 3430. The first-order valence-electron chi connectivity index (χ1n) is 34.1. The molecule has 34 heteroatoms. The number of carbonyl (C=O) groups is 14. The monoisotopic (exact) mass is 1440 g/mol. The fourth-order valence-corrected chi connectivity index (χ4v) is 11.1. The van der Waals surface area contributed by atoms with Crippen molar-refractivity contribution >= 4 is 88.7 Å². The van der Waals surface area contributed by atoms with E-state index in [2.05, 4.69) is 58.2 Å². The Morgan fingerprint density at radius 1 is 0.553 bits per heavy atom. The van der Waals surface area contributed by atoms with Crippen LogP contribution in [-0.2, 0) is 86.4 Å². The van der Waals surface area contributed by atoms with Gasteiger partial charge in [0.1, 0.15) is 66.2 Å². The van der Waals surface area contributed by atoms with E-state index < -0.39 is 187 Å². The molecule has 3 aromatic rings. The van der Waals surface area contributed by atoms with Gasteiger partial charge in [0, 0.05) is 38.8 Å². The number of phenols is 1. The molecule has 0 aliphatic carbocycles. The number of hydrogen-bond acceptors (Lipinski definition) is 18. The van der Waals surface area contributed by atoms with Crippen LogP contribution in [0.4, 0.5) is 0 Å². The molecule has 103 heavy (non-hydrogen) atoms. The smallest absolute Gasteiger partial charge is 0.303 e. The molecule has 34 nitrogen and oxygen atoms in total. The first-order chi connectivity index (χ1) is 48.7. The Kier molecular flexibility index (Phi) is 34.9. The third-order valence-electron chi connectivity index (χ3n) is 17.0. The summed E-state index contributed by atoms with van der Waals surface area (Å²) in [5.74, 6) is -14.3. The second-order valence-electron chi connectivity index (χ2n) is 25.9. The van der Waals surface area contributed by atoms with Crippen LogP contribution in [0.15, 0.2) is 89.9 Å². The number of aliphatic hydroxyl groups excluding tert-OH is 1. The van der Waals surface area contributed by atoms with E-state index in [4.69, 9.17) is 28.7 Å². The Hall–Kier alpha value is -10.8. The summed E-state index contributed by atoms with van der Waals surface area (Å²) < 4.78 is 0. The summed E-state index contributed by atoms with van der Waals surface area (Å²) in [5.41, 5.74) is 29.5. The van der Waals surface area contributed by atoms with Gasteiger partial charge >= 0.3 is 5.97 Å². The third-order valence-corrected chi connectivity index (χ3v) is 17.0. The van der Waals surface area contributed by atoms with Crippen LogP contribution in [0.5, 0.6) is 5.75 Å². The van der Waals surface area contributed by atoms with Crippen LogP contribution >= 0.6 is 0 Å². The Morgan fingerprint density at radius 2 is 1.06 bits per heavy atom. The zero-order valence-electron chi connectivity index (χ0n) is 58.8. The van der Waals surface area contributed by atoms with Crippen molar-refractivity contribution in [1.29, 1.82) is 0 Å². The van der Waals surface area contributed by atoms with Crippen molar-refractivity contribution in [2.24, 2.45) is 45.5 Å². The summed E-state index contributed by atoms with van der Waals surface area (Å²) in [5, 5.41) is 56.1. The van der Waals surface area contributed by atoms with Crippen molar-refractivity contribution in [3.63, 3.8) is 0 Å². The summed E-state index contributed by atoms with van der Waals surface area (Å²) in [6.07, 6.45) is -3.02. The number of nitrogens with two attached hydrogens (primary N) is 5. The van der Waals surface area contributed by atoms with Crippen molar-refractivity contribution in [2.75, 3.05) is 19.6 Å². The first kappa shape index (κ1) is 84.6. The number of carboxylic acid groups (broad SMARTS) is 1. The molecule has 3 aromatic carbocycles. The van der Waals surface area contributed by atoms with E-state index >= 15 is 0 Å². The van der Waals surface area contributed by atoms with Crippen molar-refractivity contribution < 1.29 is 82.4 Å². The van der Waals surface area contributed by atoms with Gasteiger partial charge in [-0.2, -0.15) is 0 Å². The zero-order valence-corrected chi connectivity index (χ0v) is 58.8. The first-order valence-corrected chi connectivity index (χ1v) is 34.1. The fraction of sp³-hybridized carbons (Fsp3) is 0.522. The van der Waals surface area contributed by atoms with Gasteiger partial charge in [-0.15, -0.1) is 0 Å². The number of primary amides is 2. The molecule has 1 aliphatic heterocycles. The van der Waals surface area contributed by atoms with Gasteiger partial charge in [0.25, 0.3) is 0 Å². The largest absolute Gasteiger partial charge is 0.508 e. The maximum Gasteiger partial charge on any atom is 0.303 e. The summed E-state index contributed by atoms with van der Waals surface area (Å²) in [4.78, 5) is 196. The number of aliphatic carboxylic acids is 1. The summed E-state index contributed by atoms with van der Waals surface area (Å²) >= 11 is 0.